The zero-order chi connectivity index (χ0) is 16.9. The third-order valence-electron chi connectivity index (χ3n) is 5.13. The summed E-state index contributed by atoms with van der Waals surface area (Å²) < 4.78 is 0. The molecule has 2 aromatic carbocycles. The lowest BCUT2D eigenvalue weighted by molar-refractivity contribution is 0.181. The van der Waals surface area contributed by atoms with Crippen molar-refractivity contribution in [1.29, 1.82) is 0 Å². The number of aromatic hydroxyl groups is 1. The third-order valence-corrected chi connectivity index (χ3v) is 5.13. The minimum Gasteiger partial charge on any atom is -0.508 e. The van der Waals surface area contributed by atoms with Crippen LogP contribution in [0.15, 0.2) is 42.5 Å². The molecule has 0 bridgehead atoms. The SMILES string of the molecule is CCCN(CCc1ccc(N)cc1)[C@H]1CCc2c(O)cccc2C1. The maximum Gasteiger partial charge on any atom is 0.119 e. The summed E-state index contributed by atoms with van der Waals surface area (Å²) in [4.78, 5) is 2.63. The van der Waals surface area contributed by atoms with Gasteiger partial charge in [-0.25, -0.2) is 0 Å². The standard InChI is InChI=1S/C21H28N2O/c1-2-13-23(14-12-16-6-8-18(22)9-7-16)19-10-11-20-17(15-19)4-3-5-21(20)24/h3-9,19,24H,2,10-15,22H2,1H3/t19-/m0/s1. The highest BCUT2D eigenvalue weighted by Gasteiger charge is 2.25. The second-order valence-corrected chi connectivity index (χ2v) is 6.84. The Morgan fingerprint density at radius 2 is 1.92 bits per heavy atom. The molecule has 1 aliphatic rings. The Labute approximate surface area is 145 Å². The first-order valence-electron chi connectivity index (χ1n) is 9.05. The Morgan fingerprint density at radius 1 is 1.12 bits per heavy atom. The Hall–Kier alpha value is -2.00. The van der Waals surface area contributed by atoms with E-state index in [4.69, 9.17) is 5.73 Å². The van der Waals surface area contributed by atoms with Gasteiger partial charge in [0.2, 0.25) is 0 Å². The monoisotopic (exact) mass is 324 g/mol. The summed E-state index contributed by atoms with van der Waals surface area (Å²) in [5.74, 6) is 0.467. The van der Waals surface area contributed by atoms with Gasteiger partial charge in [0.1, 0.15) is 5.75 Å². The van der Waals surface area contributed by atoms with Crippen LogP contribution in [0, 0.1) is 0 Å². The van der Waals surface area contributed by atoms with Gasteiger partial charge in [0.25, 0.3) is 0 Å². The molecule has 128 valence electrons. The maximum atomic E-state index is 10.0. The number of hydrogen-bond donors (Lipinski definition) is 2. The van der Waals surface area contributed by atoms with Crippen molar-refractivity contribution in [3.05, 3.63) is 59.2 Å². The Morgan fingerprint density at radius 3 is 2.67 bits per heavy atom. The lowest BCUT2D eigenvalue weighted by Gasteiger charge is -2.35. The number of nitrogens with zero attached hydrogens (tertiary/aromatic N) is 1. The minimum absolute atomic E-state index is 0.467. The second kappa shape index (κ2) is 7.71. The first kappa shape index (κ1) is 16.8. The van der Waals surface area contributed by atoms with Gasteiger partial charge >= 0.3 is 0 Å². The first-order valence-corrected chi connectivity index (χ1v) is 9.05. The molecule has 3 rings (SSSR count). The molecule has 0 saturated carbocycles. The maximum absolute atomic E-state index is 10.0. The number of nitrogen functional groups attached to an aromatic ring is 1. The van der Waals surface area contributed by atoms with Crippen LogP contribution in [0.4, 0.5) is 5.69 Å². The molecule has 0 spiro atoms. The highest BCUT2D eigenvalue weighted by atomic mass is 16.3. The molecule has 0 fully saturated rings. The lowest BCUT2D eigenvalue weighted by Crippen LogP contribution is -2.41. The predicted molar refractivity (Wildman–Crippen MR) is 100 cm³/mol. The normalized spacial score (nSPS) is 17.0. The predicted octanol–water partition coefficient (Wildman–Crippen LogP) is 3.79. The molecule has 0 radical (unpaired) electrons. The molecule has 1 aliphatic carbocycles. The summed E-state index contributed by atoms with van der Waals surface area (Å²) in [5, 5.41) is 10.0. The van der Waals surface area contributed by atoms with Gasteiger partial charge in [-0.15, -0.1) is 0 Å². The Bertz CT molecular complexity index is 666. The highest BCUT2D eigenvalue weighted by Crippen LogP contribution is 2.30. The summed E-state index contributed by atoms with van der Waals surface area (Å²) in [6.07, 6.45) is 5.39. The summed E-state index contributed by atoms with van der Waals surface area (Å²) in [6, 6.07) is 14.8. The smallest absolute Gasteiger partial charge is 0.119 e. The van der Waals surface area contributed by atoms with Gasteiger partial charge in [0.05, 0.1) is 0 Å². The molecular weight excluding hydrogens is 296 g/mol. The molecule has 0 aromatic heterocycles. The van der Waals surface area contributed by atoms with Crippen LogP contribution in [-0.4, -0.2) is 29.1 Å². The molecule has 3 heteroatoms. The number of fused-ring (bicyclic) bond motifs is 1. The van der Waals surface area contributed by atoms with E-state index in [9.17, 15) is 5.11 Å². The fraction of sp³-hybridized carbons (Fsp3) is 0.429. The number of phenolic OH excluding ortho intramolecular Hbond substituents is 1. The van der Waals surface area contributed by atoms with Crippen molar-refractivity contribution >= 4 is 5.69 Å². The third kappa shape index (κ3) is 3.90. The molecule has 0 saturated heterocycles. The average Bonchev–Trinajstić information content (AvgIpc) is 2.60. The summed E-state index contributed by atoms with van der Waals surface area (Å²) >= 11 is 0. The quantitative estimate of drug-likeness (QED) is 0.795. The molecule has 3 nitrogen and oxygen atoms in total. The molecule has 2 aromatic rings. The van der Waals surface area contributed by atoms with Crippen LogP contribution in [0.1, 0.15) is 36.5 Å². The minimum atomic E-state index is 0.467. The van der Waals surface area contributed by atoms with Crippen molar-refractivity contribution < 1.29 is 5.11 Å². The molecule has 0 amide bonds. The fourth-order valence-corrected chi connectivity index (χ4v) is 3.80. The highest BCUT2D eigenvalue weighted by molar-refractivity contribution is 5.41. The number of nitrogens with two attached hydrogens (primary N) is 1. The van der Waals surface area contributed by atoms with Crippen molar-refractivity contribution in [1.82, 2.24) is 4.90 Å². The number of anilines is 1. The van der Waals surface area contributed by atoms with Gasteiger partial charge in [-0.1, -0.05) is 31.2 Å². The number of phenols is 1. The molecule has 0 aliphatic heterocycles. The van der Waals surface area contributed by atoms with Gasteiger partial charge in [0.15, 0.2) is 0 Å². The van der Waals surface area contributed by atoms with E-state index in [0.29, 0.717) is 11.8 Å². The first-order chi connectivity index (χ1) is 11.7. The van der Waals surface area contributed by atoms with Crippen LogP contribution in [0.2, 0.25) is 0 Å². The van der Waals surface area contributed by atoms with Gasteiger partial charge in [-0.3, -0.25) is 4.90 Å². The van der Waals surface area contributed by atoms with E-state index in [2.05, 4.69) is 30.0 Å². The molecule has 3 N–H and O–H groups in total. The van der Waals surface area contributed by atoms with Crippen molar-refractivity contribution in [2.45, 2.75) is 45.1 Å². The van der Waals surface area contributed by atoms with Crippen LogP contribution in [0.3, 0.4) is 0 Å². The molecule has 0 heterocycles. The molecule has 1 atom stereocenters. The number of benzene rings is 2. The Kier molecular flexibility index (Phi) is 5.41. The van der Waals surface area contributed by atoms with Crippen LogP contribution in [0.25, 0.3) is 0 Å². The van der Waals surface area contributed by atoms with Crippen molar-refractivity contribution in [3.8, 4) is 5.75 Å². The topological polar surface area (TPSA) is 49.5 Å². The van der Waals surface area contributed by atoms with E-state index in [1.165, 1.54) is 17.5 Å². The van der Waals surface area contributed by atoms with E-state index in [1.54, 1.807) is 0 Å². The zero-order valence-corrected chi connectivity index (χ0v) is 14.5. The Balaban J connectivity index is 1.66. The zero-order valence-electron chi connectivity index (χ0n) is 14.5. The van der Waals surface area contributed by atoms with Crippen molar-refractivity contribution in [3.63, 3.8) is 0 Å². The van der Waals surface area contributed by atoms with Gasteiger partial charge in [-0.05, 0) is 73.5 Å². The fourth-order valence-electron chi connectivity index (χ4n) is 3.80. The van der Waals surface area contributed by atoms with Crippen LogP contribution < -0.4 is 5.73 Å². The molecule has 0 unspecified atom stereocenters. The van der Waals surface area contributed by atoms with Crippen molar-refractivity contribution in [2.24, 2.45) is 0 Å². The molecule has 24 heavy (non-hydrogen) atoms. The van der Waals surface area contributed by atoms with E-state index in [0.717, 1.165) is 50.0 Å². The summed E-state index contributed by atoms with van der Waals surface area (Å²) in [6.45, 7) is 4.46. The summed E-state index contributed by atoms with van der Waals surface area (Å²) in [7, 11) is 0. The van der Waals surface area contributed by atoms with Gasteiger partial charge in [-0.2, -0.15) is 0 Å². The van der Waals surface area contributed by atoms with Crippen LogP contribution in [-0.2, 0) is 19.3 Å². The van der Waals surface area contributed by atoms with Gasteiger partial charge in [0, 0.05) is 18.3 Å². The van der Waals surface area contributed by atoms with E-state index >= 15 is 0 Å². The summed E-state index contributed by atoms with van der Waals surface area (Å²) in [5.41, 5.74) is 10.4. The van der Waals surface area contributed by atoms with Crippen molar-refractivity contribution in [2.75, 3.05) is 18.8 Å². The van der Waals surface area contributed by atoms with E-state index < -0.39 is 0 Å². The van der Waals surface area contributed by atoms with Gasteiger partial charge < -0.3 is 10.8 Å². The second-order valence-electron chi connectivity index (χ2n) is 6.84. The van der Waals surface area contributed by atoms with E-state index in [-0.39, 0.29) is 0 Å². The number of rotatable bonds is 6. The lowest BCUT2D eigenvalue weighted by atomic mass is 9.86. The average molecular weight is 324 g/mol. The van der Waals surface area contributed by atoms with Crippen LogP contribution in [0.5, 0.6) is 5.75 Å². The van der Waals surface area contributed by atoms with E-state index in [1.807, 2.05) is 24.3 Å². The van der Waals surface area contributed by atoms with Crippen LogP contribution >= 0.6 is 0 Å². The number of hydrogen-bond acceptors (Lipinski definition) is 3. The largest absolute Gasteiger partial charge is 0.508 e. The molecular formula is C21H28N2O.